The SMILES string of the molecule is COc1ccc(NC(C)=O)cc1NCc1nc(-c2cccc(Cl)c2)no1. The Morgan fingerprint density at radius 3 is 2.85 bits per heavy atom. The number of ether oxygens (including phenoxy) is 1. The minimum atomic E-state index is -0.149. The number of halogens is 1. The zero-order valence-electron chi connectivity index (χ0n) is 14.2. The zero-order valence-corrected chi connectivity index (χ0v) is 15.0. The van der Waals surface area contributed by atoms with Crippen LogP contribution in [0.1, 0.15) is 12.8 Å². The van der Waals surface area contributed by atoms with E-state index in [1.807, 2.05) is 12.1 Å². The highest BCUT2D eigenvalue weighted by Crippen LogP contribution is 2.28. The molecule has 0 aliphatic heterocycles. The first kappa shape index (κ1) is 17.8. The summed E-state index contributed by atoms with van der Waals surface area (Å²) in [7, 11) is 1.57. The summed E-state index contributed by atoms with van der Waals surface area (Å²) in [5, 5.41) is 10.5. The van der Waals surface area contributed by atoms with Crippen molar-refractivity contribution < 1.29 is 14.1 Å². The molecule has 0 fully saturated rings. The van der Waals surface area contributed by atoms with Gasteiger partial charge in [-0.05, 0) is 30.3 Å². The third kappa shape index (κ3) is 4.31. The van der Waals surface area contributed by atoms with Gasteiger partial charge in [-0.1, -0.05) is 28.9 Å². The number of anilines is 2. The highest BCUT2D eigenvalue weighted by molar-refractivity contribution is 6.30. The van der Waals surface area contributed by atoms with E-state index in [0.29, 0.717) is 40.4 Å². The summed E-state index contributed by atoms with van der Waals surface area (Å²) in [6.45, 7) is 1.75. The van der Waals surface area contributed by atoms with Crippen molar-refractivity contribution in [1.82, 2.24) is 10.1 Å². The van der Waals surface area contributed by atoms with Gasteiger partial charge in [0.15, 0.2) is 0 Å². The molecule has 3 aromatic rings. The van der Waals surface area contributed by atoms with Crippen LogP contribution in [-0.2, 0) is 11.3 Å². The van der Waals surface area contributed by atoms with Crippen molar-refractivity contribution in [3.63, 3.8) is 0 Å². The Kier molecular flexibility index (Phi) is 5.38. The molecule has 0 radical (unpaired) electrons. The number of rotatable bonds is 6. The number of hydrogen-bond donors (Lipinski definition) is 2. The standard InChI is InChI=1S/C18H17ClN4O3/c1-11(24)21-14-6-7-16(25-2)15(9-14)20-10-17-22-18(23-26-17)12-4-3-5-13(19)8-12/h3-9,20H,10H2,1-2H3,(H,21,24). The molecule has 0 bridgehead atoms. The summed E-state index contributed by atoms with van der Waals surface area (Å²) in [4.78, 5) is 15.6. The zero-order chi connectivity index (χ0) is 18.5. The maximum absolute atomic E-state index is 11.2. The van der Waals surface area contributed by atoms with E-state index in [-0.39, 0.29) is 5.91 Å². The Bertz CT molecular complexity index is 926. The first-order valence-corrected chi connectivity index (χ1v) is 8.21. The lowest BCUT2D eigenvalue weighted by Crippen LogP contribution is -2.07. The monoisotopic (exact) mass is 372 g/mol. The van der Waals surface area contributed by atoms with Crippen LogP contribution in [0.3, 0.4) is 0 Å². The van der Waals surface area contributed by atoms with Gasteiger partial charge in [0.05, 0.1) is 19.3 Å². The Balaban J connectivity index is 1.74. The summed E-state index contributed by atoms with van der Waals surface area (Å²) >= 11 is 5.98. The van der Waals surface area contributed by atoms with Crippen LogP contribution >= 0.6 is 11.6 Å². The van der Waals surface area contributed by atoms with Crippen molar-refractivity contribution in [2.45, 2.75) is 13.5 Å². The molecule has 134 valence electrons. The van der Waals surface area contributed by atoms with Crippen LogP contribution < -0.4 is 15.4 Å². The molecule has 0 aliphatic carbocycles. The van der Waals surface area contributed by atoms with Gasteiger partial charge in [-0.3, -0.25) is 4.79 Å². The molecule has 2 N–H and O–H groups in total. The Morgan fingerprint density at radius 1 is 1.27 bits per heavy atom. The van der Waals surface area contributed by atoms with Crippen molar-refractivity contribution in [3.8, 4) is 17.1 Å². The van der Waals surface area contributed by atoms with E-state index in [9.17, 15) is 4.79 Å². The van der Waals surface area contributed by atoms with Gasteiger partial charge in [-0.25, -0.2) is 0 Å². The Hall–Kier alpha value is -3.06. The van der Waals surface area contributed by atoms with E-state index in [2.05, 4.69) is 20.8 Å². The van der Waals surface area contributed by atoms with Gasteiger partial charge in [0.25, 0.3) is 0 Å². The number of amides is 1. The first-order valence-electron chi connectivity index (χ1n) is 7.83. The van der Waals surface area contributed by atoms with E-state index < -0.39 is 0 Å². The fourth-order valence-electron chi connectivity index (χ4n) is 2.37. The molecular formula is C18H17ClN4O3. The predicted molar refractivity (Wildman–Crippen MR) is 99.4 cm³/mol. The van der Waals surface area contributed by atoms with Crippen molar-refractivity contribution in [2.75, 3.05) is 17.7 Å². The van der Waals surface area contributed by atoms with Crippen LogP contribution in [0.15, 0.2) is 47.0 Å². The fraction of sp³-hybridized carbons (Fsp3) is 0.167. The van der Waals surface area contributed by atoms with Crippen LogP contribution in [0.25, 0.3) is 11.4 Å². The molecule has 0 aliphatic rings. The number of aromatic nitrogens is 2. The molecular weight excluding hydrogens is 356 g/mol. The van der Waals surface area contributed by atoms with E-state index >= 15 is 0 Å². The molecule has 1 heterocycles. The smallest absolute Gasteiger partial charge is 0.246 e. The van der Waals surface area contributed by atoms with Gasteiger partial charge in [0, 0.05) is 23.2 Å². The Morgan fingerprint density at radius 2 is 2.12 bits per heavy atom. The summed E-state index contributed by atoms with van der Waals surface area (Å²) in [5.41, 5.74) is 2.13. The summed E-state index contributed by atoms with van der Waals surface area (Å²) < 4.78 is 10.6. The van der Waals surface area contributed by atoms with E-state index in [1.54, 1.807) is 37.4 Å². The molecule has 3 rings (SSSR count). The predicted octanol–water partition coefficient (Wildman–Crippen LogP) is 3.97. The number of hydrogen-bond acceptors (Lipinski definition) is 6. The van der Waals surface area contributed by atoms with Crippen LogP contribution in [0.2, 0.25) is 5.02 Å². The quantitative estimate of drug-likeness (QED) is 0.680. The average Bonchev–Trinajstić information content (AvgIpc) is 3.09. The summed E-state index contributed by atoms with van der Waals surface area (Å²) in [6.07, 6.45) is 0. The minimum Gasteiger partial charge on any atom is -0.495 e. The normalized spacial score (nSPS) is 10.4. The largest absolute Gasteiger partial charge is 0.495 e. The van der Waals surface area contributed by atoms with Gasteiger partial charge in [0.1, 0.15) is 5.75 Å². The second-order valence-electron chi connectivity index (χ2n) is 5.47. The van der Waals surface area contributed by atoms with Crippen molar-refractivity contribution in [1.29, 1.82) is 0 Å². The molecule has 8 heteroatoms. The highest BCUT2D eigenvalue weighted by atomic mass is 35.5. The number of methoxy groups -OCH3 is 1. The van der Waals surface area contributed by atoms with Crippen LogP contribution in [0, 0.1) is 0 Å². The van der Waals surface area contributed by atoms with Crippen LogP contribution in [0.5, 0.6) is 5.75 Å². The van der Waals surface area contributed by atoms with Crippen molar-refractivity contribution >= 4 is 28.9 Å². The maximum Gasteiger partial charge on any atom is 0.246 e. The van der Waals surface area contributed by atoms with Crippen molar-refractivity contribution in [3.05, 3.63) is 53.4 Å². The number of nitrogens with zero attached hydrogens (tertiary/aromatic N) is 2. The molecule has 26 heavy (non-hydrogen) atoms. The fourth-order valence-corrected chi connectivity index (χ4v) is 2.56. The van der Waals surface area contributed by atoms with Gasteiger partial charge in [-0.15, -0.1) is 0 Å². The second kappa shape index (κ2) is 7.88. The number of carbonyl (C=O) groups excluding carboxylic acids is 1. The number of carbonyl (C=O) groups is 1. The lowest BCUT2D eigenvalue weighted by atomic mass is 10.2. The third-order valence-corrected chi connectivity index (χ3v) is 3.74. The van der Waals surface area contributed by atoms with Crippen LogP contribution in [0.4, 0.5) is 11.4 Å². The lowest BCUT2D eigenvalue weighted by molar-refractivity contribution is -0.114. The summed E-state index contributed by atoms with van der Waals surface area (Å²) in [6, 6.07) is 12.5. The molecule has 0 saturated heterocycles. The highest BCUT2D eigenvalue weighted by Gasteiger charge is 2.11. The molecule has 1 aromatic heterocycles. The van der Waals surface area contributed by atoms with Gasteiger partial charge in [-0.2, -0.15) is 4.98 Å². The van der Waals surface area contributed by atoms with Gasteiger partial charge >= 0.3 is 0 Å². The minimum absolute atomic E-state index is 0.149. The molecule has 0 atom stereocenters. The third-order valence-electron chi connectivity index (χ3n) is 3.50. The average molecular weight is 373 g/mol. The van der Waals surface area contributed by atoms with Gasteiger partial charge in [0.2, 0.25) is 17.6 Å². The number of benzene rings is 2. The van der Waals surface area contributed by atoms with E-state index in [1.165, 1.54) is 6.92 Å². The van der Waals surface area contributed by atoms with Crippen LogP contribution in [-0.4, -0.2) is 23.2 Å². The molecule has 0 spiro atoms. The number of nitrogens with one attached hydrogen (secondary N) is 2. The van der Waals surface area contributed by atoms with Gasteiger partial charge < -0.3 is 19.9 Å². The second-order valence-corrected chi connectivity index (χ2v) is 5.91. The molecule has 2 aromatic carbocycles. The first-order chi connectivity index (χ1) is 12.5. The summed E-state index contributed by atoms with van der Waals surface area (Å²) in [5.74, 6) is 1.35. The maximum atomic E-state index is 11.2. The molecule has 0 unspecified atom stereocenters. The molecule has 7 nitrogen and oxygen atoms in total. The van der Waals surface area contributed by atoms with Crippen molar-refractivity contribution in [2.24, 2.45) is 0 Å². The van der Waals surface area contributed by atoms with E-state index in [4.69, 9.17) is 20.9 Å². The topological polar surface area (TPSA) is 89.3 Å². The molecule has 1 amide bonds. The lowest BCUT2D eigenvalue weighted by Gasteiger charge is -2.12. The van der Waals surface area contributed by atoms with E-state index in [0.717, 1.165) is 5.56 Å². The Labute approximate surface area is 155 Å². The molecule has 0 saturated carbocycles.